The molecule has 3 heteroatoms. The number of halogens is 2. The van der Waals surface area contributed by atoms with Crippen LogP contribution in [0.15, 0.2) is 13.6 Å². The maximum Gasteiger partial charge on any atom is 0.0742 e. The summed E-state index contributed by atoms with van der Waals surface area (Å²) in [4.78, 5) is 0. The molecule has 1 heterocycles. The summed E-state index contributed by atoms with van der Waals surface area (Å²) in [6, 6.07) is 0. The van der Waals surface area contributed by atoms with Gasteiger partial charge < -0.3 is 0 Å². The number of rotatable bonds is 5. The lowest BCUT2D eigenvalue weighted by molar-refractivity contribution is 0.666. The van der Waals surface area contributed by atoms with Crippen molar-refractivity contribution in [3.63, 3.8) is 0 Å². The van der Waals surface area contributed by atoms with Crippen LogP contribution in [0, 0.1) is 0 Å². The first kappa shape index (κ1) is 11.7. The van der Waals surface area contributed by atoms with Gasteiger partial charge in [-0.2, -0.15) is 0 Å². The normalized spacial score (nSPS) is 10.7. The van der Waals surface area contributed by atoms with E-state index in [1.54, 1.807) is 11.3 Å². The lowest BCUT2D eigenvalue weighted by atomic mass is 10.1. The Hall–Kier alpha value is 0.660. The Kier molecular flexibility index (Phi) is 5.60. The molecule has 0 fully saturated rings. The molecular weight excluding hydrogens is 312 g/mol. The first-order chi connectivity index (χ1) is 6.25. The Morgan fingerprint density at radius 3 is 2.54 bits per heavy atom. The highest BCUT2D eigenvalue weighted by Crippen LogP contribution is 2.33. The molecule has 0 saturated carbocycles. The third-order valence-corrected chi connectivity index (χ3v) is 4.93. The van der Waals surface area contributed by atoms with Crippen LogP contribution in [0.25, 0.3) is 0 Å². The molecule has 0 bridgehead atoms. The number of thiophene rings is 1. The van der Waals surface area contributed by atoms with Crippen LogP contribution in [0.1, 0.15) is 38.2 Å². The first-order valence-electron chi connectivity index (χ1n) is 4.67. The van der Waals surface area contributed by atoms with E-state index in [1.807, 2.05) is 0 Å². The first-order valence-corrected chi connectivity index (χ1v) is 7.13. The van der Waals surface area contributed by atoms with E-state index < -0.39 is 0 Å². The van der Waals surface area contributed by atoms with E-state index in [-0.39, 0.29) is 0 Å². The van der Waals surface area contributed by atoms with Crippen molar-refractivity contribution in [2.24, 2.45) is 0 Å². The predicted octanol–water partition coefficient (Wildman–Crippen LogP) is 5.40. The van der Waals surface area contributed by atoms with Crippen molar-refractivity contribution in [1.82, 2.24) is 0 Å². The molecule has 0 nitrogen and oxygen atoms in total. The minimum absolute atomic E-state index is 1.20. The zero-order valence-corrected chi connectivity index (χ0v) is 11.8. The van der Waals surface area contributed by atoms with Crippen molar-refractivity contribution in [3.8, 4) is 0 Å². The van der Waals surface area contributed by atoms with E-state index >= 15 is 0 Å². The fourth-order valence-electron chi connectivity index (χ4n) is 1.29. The SMILES string of the molecule is CCCCCCc1c(Br)csc1Br. The van der Waals surface area contributed by atoms with Crippen molar-refractivity contribution < 1.29 is 0 Å². The van der Waals surface area contributed by atoms with Gasteiger partial charge in [0.15, 0.2) is 0 Å². The Labute approximate surface area is 101 Å². The van der Waals surface area contributed by atoms with Crippen LogP contribution in [0.4, 0.5) is 0 Å². The molecular formula is C10H14Br2S. The topological polar surface area (TPSA) is 0 Å². The summed E-state index contributed by atoms with van der Waals surface area (Å²) in [6.45, 7) is 2.25. The van der Waals surface area contributed by atoms with Gasteiger partial charge in [-0.25, -0.2) is 0 Å². The summed E-state index contributed by atoms with van der Waals surface area (Å²) in [5, 5.41) is 2.15. The summed E-state index contributed by atoms with van der Waals surface area (Å²) in [5.41, 5.74) is 1.45. The molecule has 0 unspecified atom stereocenters. The van der Waals surface area contributed by atoms with Crippen molar-refractivity contribution in [2.75, 3.05) is 0 Å². The molecule has 13 heavy (non-hydrogen) atoms. The van der Waals surface area contributed by atoms with Crippen LogP contribution in [-0.2, 0) is 6.42 Å². The highest BCUT2D eigenvalue weighted by atomic mass is 79.9. The van der Waals surface area contributed by atoms with Crippen molar-refractivity contribution in [3.05, 3.63) is 19.2 Å². The van der Waals surface area contributed by atoms with Crippen LogP contribution in [-0.4, -0.2) is 0 Å². The second-order valence-corrected chi connectivity index (χ2v) is 6.20. The van der Waals surface area contributed by atoms with Crippen LogP contribution in [0.5, 0.6) is 0 Å². The summed E-state index contributed by atoms with van der Waals surface area (Å²) in [5.74, 6) is 0. The molecule has 1 aromatic heterocycles. The highest BCUT2D eigenvalue weighted by Gasteiger charge is 2.06. The van der Waals surface area contributed by atoms with Gasteiger partial charge in [-0.05, 0) is 50.3 Å². The standard InChI is InChI=1S/C10H14Br2S/c1-2-3-4-5-6-8-9(11)7-13-10(8)12/h7H,2-6H2,1H3. The molecule has 0 aliphatic heterocycles. The van der Waals surface area contributed by atoms with E-state index in [0.717, 1.165) is 0 Å². The van der Waals surface area contributed by atoms with Gasteiger partial charge in [-0.15, -0.1) is 11.3 Å². The third kappa shape index (κ3) is 3.72. The molecule has 1 aromatic rings. The third-order valence-electron chi connectivity index (χ3n) is 2.07. The Morgan fingerprint density at radius 1 is 1.23 bits per heavy atom. The van der Waals surface area contributed by atoms with Gasteiger partial charge in [-0.1, -0.05) is 26.2 Å². The molecule has 1 rings (SSSR count). The Morgan fingerprint density at radius 2 is 2.00 bits per heavy atom. The van der Waals surface area contributed by atoms with E-state index in [9.17, 15) is 0 Å². The zero-order chi connectivity index (χ0) is 9.68. The van der Waals surface area contributed by atoms with E-state index in [2.05, 4.69) is 44.2 Å². The second kappa shape index (κ2) is 6.20. The zero-order valence-electron chi connectivity index (χ0n) is 7.78. The Bertz CT molecular complexity index is 236. The molecule has 0 aliphatic carbocycles. The van der Waals surface area contributed by atoms with E-state index in [4.69, 9.17) is 0 Å². The smallest absolute Gasteiger partial charge is 0.0742 e. The fourth-order valence-corrected chi connectivity index (χ4v) is 3.76. The van der Waals surface area contributed by atoms with Crippen molar-refractivity contribution >= 4 is 43.2 Å². The fraction of sp³-hybridized carbons (Fsp3) is 0.600. The maximum atomic E-state index is 3.57. The molecule has 0 atom stereocenters. The van der Waals surface area contributed by atoms with Gasteiger partial charge >= 0.3 is 0 Å². The van der Waals surface area contributed by atoms with E-state index in [1.165, 1.54) is 45.9 Å². The lowest BCUT2D eigenvalue weighted by Gasteiger charge is -2.00. The minimum atomic E-state index is 1.20. The molecule has 0 radical (unpaired) electrons. The highest BCUT2D eigenvalue weighted by molar-refractivity contribution is 9.11. The average Bonchev–Trinajstić information content (AvgIpc) is 2.42. The molecule has 0 amide bonds. The summed E-state index contributed by atoms with van der Waals surface area (Å²) in [7, 11) is 0. The van der Waals surface area contributed by atoms with Crippen molar-refractivity contribution in [2.45, 2.75) is 39.0 Å². The van der Waals surface area contributed by atoms with Gasteiger partial charge in [0.2, 0.25) is 0 Å². The number of hydrogen-bond acceptors (Lipinski definition) is 1. The molecule has 74 valence electrons. The molecule has 0 aromatic carbocycles. The molecule has 0 aliphatic rings. The molecule has 0 N–H and O–H groups in total. The molecule has 0 spiro atoms. The number of unbranched alkanes of at least 4 members (excludes halogenated alkanes) is 3. The van der Waals surface area contributed by atoms with Gasteiger partial charge in [0.05, 0.1) is 3.79 Å². The van der Waals surface area contributed by atoms with Gasteiger partial charge in [0.25, 0.3) is 0 Å². The summed E-state index contributed by atoms with van der Waals surface area (Å²) < 4.78 is 2.55. The van der Waals surface area contributed by atoms with Crippen LogP contribution in [0.3, 0.4) is 0 Å². The second-order valence-electron chi connectivity index (χ2n) is 3.15. The minimum Gasteiger partial charge on any atom is -0.135 e. The van der Waals surface area contributed by atoms with Crippen LogP contribution in [0.2, 0.25) is 0 Å². The molecule has 0 saturated heterocycles. The average molecular weight is 326 g/mol. The van der Waals surface area contributed by atoms with Gasteiger partial charge in [0.1, 0.15) is 0 Å². The van der Waals surface area contributed by atoms with E-state index in [0.29, 0.717) is 0 Å². The Balaban J connectivity index is 2.36. The van der Waals surface area contributed by atoms with Gasteiger partial charge in [0, 0.05) is 9.85 Å². The summed E-state index contributed by atoms with van der Waals surface area (Å²) >= 11 is 8.91. The maximum absolute atomic E-state index is 3.57. The number of hydrogen-bond donors (Lipinski definition) is 0. The van der Waals surface area contributed by atoms with Crippen LogP contribution < -0.4 is 0 Å². The van der Waals surface area contributed by atoms with Gasteiger partial charge in [-0.3, -0.25) is 0 Å². The van der Waals surface area contributed by atoms with Crippen LogP contribution >= 0.6 is 43.2 Å². The predicted molar refractivity (Wildman–Crippen MR) is 67.6 cm³/mol. The largest absolute Gasteiger partial charge is 0.135 e. The quantitative estimate of drug-likeness (QED) is 0.636. The monoisotopic (exact) mass is 324 g/mol. The summed E-state index contributed by atoms with van der Waals surface area (Å²) in [6.07, 6.45) is 6.53. The van der Waals surface area contributed by atoms with Crippen molar-refractivity contribution in [1.29, 1.82) is 0 Å². The lowest BCUT2D eigenvalue weighted by Crippen LogP contribution is -1.84.